The lowest BCUT2D eigenvalue weighted by molar-refractivity contribution is 0.171. The number of aliphatic imine (C=N–C) groups is 1. The molecule has 0 aliphatic carbocycles. The van der Waals surface area contributed by atoms with Crippen LogP contribution in [0.4, 0.5) is 10.1 Å². The van der Waals surface area contributed by atoms with Gasteiger partial charge in [-0.25, -0.2) is 4.39 Å². The SMILES string of the molecule is CN=C(NCc1ccc(N(C)C)c(F)c1)NCc1ccc(C)cc1OCCCOC.I. The predicted octanol–water partition coefficient (Wildman–Crippen LogP) is 4.10. The highest BCUT2D eigenvalue weighted by Crippen LogP contribution is 2.21. The minimum atomic E-state index is -0.239. The number of methoxy groups -OCH3 is 1. The van der Waals surface area contributed by atoms with Crippen molar-refractivity contribution in [1.82, 2.24) is 10.6 Å². The summed E-state index contributed by atoms with van der Waals surface area (Å²) < 4.78 is 25.2. The largest absolute Gasteiger partial charge is 0.493 e. The fourth-order valence-corrected chi connectivity index (χ4v) is 2.94. The lowest BCUT2D eigenvalue weighted by Crippen LogP contribution is -2.36. The van der Waals surface area contributed by atoms with E-state index >= 15 is 0 Å². The van der Waals surface area contributed by atoms with E-state index in [0.717, 1.165) is 28.9 Å². The Bertz CT molecular complexity index is 846. The highest BCUT2D eigenvalue weighted by Gasteiger charge is 2.08. The molecule has 0 bridgehead atoms. The average molecular weight is 544 g/mol. The fraction of sp³-hybridized carbons (Fsp3) is 0.435. The van der Waals surface area contributed by atoms with Crippen LogP contribution in [0, 0.1) is 12.7 Å². The number of nitrogens with zero attached hydrogens (tertiary/aromatic N) is 2. The van der Waals surface area contributed by atoms with Crippen LogP contribution in [0.3, 0.4) is 0 Å². The van der Waals surface area contributed by atoms with Gasteiger partial charge in [0.25, 0.3) is 0 Å². The van der Waals surface area contributed by atoms with E-state index in [1.165, 1.54) is 0 Å². The smallest absolute Gasteiger partial charge is 0.191 e. The molecule has 172 valence electrons. The number of hydrogen-bond acceptors (Lipinski definition) is 4. The molecule has 0 atom stereocenters. The first-order valence-electron chi connectivity index (χ1n) is 10.1. The third kappa shape index (κ3) is 8.90. The highest BCUT2D eigenvalue weighted by molar-refractivity contribution is 14.0. The van der Waals surface area contributed by atoms with Gasteiger partial charge in [0.05, 0.1) is 12.3 Å². The van der Waals surface area contributed by atoms with Crippen LogP contribution in [0.5, 0.6) is 5.75 Å². The molecule has 2 N–H and O–H groups in total. The molecule has 31 heavy (non-hydrogen) atoms. The average Bonchev–Trinajstić information content (AvgIpc) is 2.72. The molecule has 0 saturated carbocycles. The van der Waals surface area contributed by atoms with Crippen LogP contribution in [-0.2, 0) is 17.8 Å². The molecule has 2 aromatic carbocycles. The van der Waals surface area contributed by atoms with Gasteiger partial charge < -0.3 is 25.0 Å². The van der Waals surface area contributed by atoms with Crippen LogP contribution >= 0.6 is 24.0 Å². The first-order valence-corrected chi connectivity index (χ1v) is 10.1. The van der Waals surface area contributed by atoms with E-state index in [2.05, 4.69) is 27.8 Å². The molecule has 6 nitrogen and oxygen atoms in total. The maximum Gasteiger partial charge on any atom is 0.191 e. The Morgan fingerprint density at radius 2 is 1.81 bits per heavy atom. The van der Waals surface area contributed by atoms with E-state index in [4.69, 9.17) is 9.47 Å². The van der Waals surface area contributed by atoms with Crippen molar-refractivity contribution < 1.29 is 13.9 Å². The van der Waals surface area contributed by atoms with Gasteiger partial charge in [0, 0.05) is 59.9 Å². The van der Waals surface area contributed by atoms with Crippen molar-refractivity contribution >= 4 is 35.6 Å². The lowest BCUT2D eigenvalue weighted by atomic mass is 10.1. The van der Waals surface area contributed by atoms with Gasteiger partial charge in [-0.15, -0.1) is 24.0 Å². The van der Waals surface area contributed by atoms with Gasteiger partial charge >= 0.3 is 0 Å². The molecular formula is C23H34FIN4O2. The summed E-state index contributed by atoms with van der Waals surface area (Å²) in [6, 6.07) is 11.4. The normalized spacial score (nSPS) is 11.0. The van der Waals surface area contributed by atoms with Crippen molar-refractivity contribution in [1.29, 1.82) is 0 Å². The zero-order valence-electron chi connectivity index (χ0n) is 19.0. The van der Waals surface area contributed by atoms with Crippen LogP contribution in [0.15, 0.2) is 41.4 Å². The summed E-state index contributed by atoms with van der Waals surface area (Å²) in [6.45, 7) is 4.35. The van der Waals surface area contributed by atoms with Crippen LogP contribution in [0.25, 0.3) is 0 Å². The third-order valence-electron chi connectivity index (χ3n) is 4.60. The van der Waals surface area contributed by atoms with Crippen LogP contribution in [0.2, 0.25) is 0 Å². The number of halogens is 2. The van der Waals surface area contributed by atoms with Crippen LogP contribution in [0.1, 0.15) is 23.1 Å². The van der Waals surface area contributed by atoms with Crippen molar-refractivity contribution in [3.8, 4) is 5.75 Å². The molecular weight excluding hydrogens is 510 g/mol. The Kier molecular flexibility index (Phi) is 12.2. The number of aryl methyl sites for hydroxylation is 1. The molecule has 8 heteroatoms. The van der Waals surface area contributed by atoms with E-state index in [1.54, 1.807) is 31.2 Å². The molecule has 0 aromatic heterocycles. The quantitative estimate of drug-likeness (QED) is 0.204. The minimum Gasteiger partial charge on any atom is -0.493 e. The number of ether oxygens (including phenoxy) is 2. The third-order valence-corrected chi connectivity index (χ3v) is 4.60. The van der Waals surface area contributed by atoms with Gasteiger partial charge in [-0.3, -0.25) is 4.99 Å². The Hall–Kier alpha value is -2.07. The standard InChI is InChI=1S/C23H33FN4O2.HI/c1-17-7-9-19(22(13-17)30-12-6-11-29-5)16-27-23(25-2)26-15-18-8-10-21(28(3)4)20(24)14-18;/h7-10,13-14H,6,11-12,15-16H2,1-5H3,(H2,25,26,27);1H. The first-order chi connectivity index (χ1) is 14.4. The van der Waals surface area contributed by atoms with Crippen molar-refractivity contribution in [2.75, 3.05) is 46.4 Å². The Morgan fingerprint density at radius 3 is 2.45 bits per heavy atom. The summed E-state index contributed by atoms with van der Waals surface area (Å²) in [6.07, 6.45) is 0.837. The topological polar surface area (TPSA) is 58.1 Å². The van der Waals surface area contributed by atoms with Gasteiger partial charge in [0.15, 0.2) is 5.96 Å². The van der Waals surface area contributed by atoms with Gasteiger partial charge in [-0.1, -0.05) is 18.2 Å². The highest BCUT2D eigenvalue weighted by atomic mass is 127. The Balaban J connectivity index is 0.00000480. The minimum absolute atomic E-state index is 0. The molecule has 0 saturated heterocycles. The van der Waals surface area contributed by atoms with Crippen molar-refractivity contribution in [2.45, 2.75) is 26.4 Å². The van der Waals surface area contributed by atoms with Crippen molar-refractivity contribution in [3.05, 3.63) is 58.9 Å². The second kappa shape index (κ2) is 14.1. The lowest BCUT2D eigenvalue weighted by Gasteiger charge is -2.16. The summed E-state index contributed by atoms with van der Waals surface area (Å²) >= 11 is 0. The van der Waals surface area contributed by atoms with E-state index in [1.807, 2.05) is 33.2 Å². The number of anilines is 1. The van der Waals surface area contributed by atoms with E-state index in [9.17, 15) is 4.39 Å². The van der Waals surface area contributed by atoms with Crippen molar-refractivity contribution in [3.63, 3.8) is 0 Å². The first kappa shape index (κ1) is 27.0. The predicted molar refractivity (Wildman–Crippen MR) is 136 cm³/mol. The molecule has 0 amide bonds. The van der Waals surface area contributed by atoms with Crippen molar-refractivity contribution in [2.24, 2.45) is 4.99 Å². The molecule has 0 spiro atoms. The second-order valence-electron chi connectivity index (χ2n) is 7.27. The van der Waals surface area contributed by atoms with E-state index < -0.39 is 0 Å². The molecule has 2 rings (SSSR count). The zero-order valence-corrected chi connectivity index (χ0v) is 21.3. The second-order valence-corrected chi connectivity index (χ2v) is 7.27. The monoisotopic (exact) mass is 544 g/mol. The number of hydrogen-bond donors (Lipinski definition) is 2. The number of benzene rings is 2. The van der Waals surface area contributed by atoms with E-state index in [0.29, 0.717) is 38.0 Å². The summed E-state index contributed by atoms with van der Waals surface area (Å²) in [7, 11) is 7.04. The fourth-order valence-electron chi connectivity index (χ4n) is 2.94. The molecule has 2 aromatic rings. The number of rotatable bonds is 10. The summed E-state index contributed by atoms with van der Waals surface area (Å²) in [5, 5.41) is 6.52. The van der Waals surface area contributed by atoms with Crippen LogP contribution in [-0.4, -0.2) is 47.4 Å². The van der Waals surface area contributed by atoms with Crippen LogP contribution < -0.4 is 20.3 Å². The molecule has 0 unspecified atom stereocenters. The summed E-state index contributed by atoms with van der Waals surface area (Å²) in [5.74, 6) is 1.26. The van der Waals surface area contributed by atoms with Gasteiger partial charge in [0.2, 0.25) is 0 Å². The van der Waals surface area contributed by atoms with Gasteiger partial charge in [-0.2, -0.15) is 0 Å². The Morgan fingerprint density at radius 1 is 1.06 bits per heavy atom. The van der Waals surface area contributed by atoms with E-state index in [-0.39, 0.29) is 29.8 Å². The molecule has 0 aliphatic heterocycles. The number of nitrogens with one attached hydrogen (secondary N) is 2. The Labute approximate surface area is 202 Å². The van der Waals surface area contributed by atoms with Gasteiger partial charge in [0.1, 0.15) is 11.6 Å². The van der Waals surface area contributed by atoms with Gasteiger partial charge in [-0.05, 0) is 36.2 Å². The molecule has 0 aliphatic rings. The maximum absolute atomic E-state index is 14.2. The summed E-state index contributed by atoms with van der Waals surface area (Å²) in [5.41, 5.74) is 3.60. The summed E-state index contributed by atoms with van der Waals surface area (Å²) in [4.78, 5) is 6.01. The maximum atomic E-state index is 14.2. The zero-order chi connectivity index (χ0) is 21.9. The molecule has 0 fully saturated rings. The molecule has 0 heterocycles. The number of guanidine groups is 1. The molecule has 0 radical (unpaired) electrons.